The van der Waals surface area contributed by atoms with Gasteiger partial charge in [0.15, 0.2) is 0 Å². The lowest BCUT2D eigenvalue weighted by molar-refractivity contribution is 0.102. The van der Waals surface area contributed by atoms with Gasteiger partial charge in [-0.2, -0.15) is 0 Å². The van der Waals surface area contributed by atoms with Crippen LogP contribution in [-0.2, 0) is 6.54 Å². The van der Waals surface area contributed by atoms with Gasteiger partial charge in [0.1, 0.15) is 5.82 Å². The topological polar surface area (TPSA) is 32.3 Å². The van der Waals surface area contributed by atoms with Gasteiger partial charge in [-0.05, 0) is 50.0 Å². The highest BCUT2D eigenvalue weighted by Crippen LogP contribution is 2.18. The lowest BCUT2D eigenvalue weighted by Crippen LogP contribution is -2.14. The number of carbonyl (C=O) groups excluding carboxylic acids is 1. The smallest absolute Gasteiger partial charge is 0.258 e. The van der Waals surface area contributed by atoms with Crippen molar-refractivity contribution in [3.8, 4) is 0 Å². The summed E-state index contributed by atoms with van der Waals surface area (Å²) in [6.45, 7) is 0.828. The molecule has 0 atom stereocenters. The Morgan fingerprint density at radius 1 is 1.19 bits per heavy atom. The summed E-state index contributed by atoms with van der Waals surface area (Å²) in [6.07, 6.45) is 0. The SMILES string of the molecule is CN(C)Cc1ccc(NC(=O)c2cc(Br)ccc2F)cc1. The highest BCUT2D eigenvalue weighted by atomic mass is 79.9. The Morgan fingerprint density at radius 2 is 1.86 bits per heavy atom. The van der Waals surface area contributed by atoms with Crippen molar-refractivity contribution in [3.63, 3.8) is 0 Å². The first-order valence-electron chi connectivity index (χ1n) is 6.46. The van der Waals surface area contributed by atoms with E-state index in [0.717, 1.165) is 12.1 Å². The van der Waals surface area contributed by atoms with Crippen LogP contribution in [0.2, 0.25) is 0 Å². The van der Waals surface area contributed by atoms with E-state index in [1.54, 1.807) is 6.07 Å². The minimum Gasteiger partial charge on any atom is -0.322 e. The van der Waals surface area contributed by atoms with Crippen LogP contribution in [-0.4, -0.2) is 24.9 Å². The zero-order valence-corrected chi connectivity index (χ0v) is 13.4. The fourth-order valence-electron chi connectivity index (χ4n) is 1.93. The Kier molecular flexibility index (Phi) is 5.09. The van der Waals surface area contributed by atoms with Crippen molar-refractivity contribution in [3.05, 3.63) is 63.9 Å². The summed E-state index contributed by atoms with van der Waals surface area (Å²) < 4.78 is 14.3. The molecule has 1 N–H and O–H groups in total. The Balaban J connectivity index is 2.10. The van der Waals surface area contributed by atoms with Gasteiger partial charge in [-0.25, -0.2) is 4.39 Å². The summed E-state index contributed by atoms with van der Waals surface area (Å²) >= 11 is 3.23. The molecule has 2 aromatic carbocycles. The van der Waals surface area contributed by atoms with Gasteiger partial charge < -0.3 is 10.2 Å². The first kappa shape index (κ1) is 15.7. The van der Waals surface area contributed by atoms with Crippen LogP contribution >= 0.6 is 15.9 Å². The second kappa shape index (κ2) is 6.83. The molecule has 1 amide bonds. The highest BCUT2D eigenvalue weighted by Gasteiger charge is 2.12. The van der Waals surface area contributed by atoms with Crippen molar-refractivity contribution < 1.29 is 9.18 Å². The fourth-order valence-corrected chi connectivity index (χ4v) is 2.29. The molecule has 0 saturated carbocycles. The maximum atomic E-state index is 13.6. The average Bonchev–Trinajstić information content (AvgIpc) is 2.43. The van der Waals surface area contributed by atoms with E-state index in [1.807, 2.05) is 38.4 Å². The van der Waals surface area contributed by atoms with Gasteiger partial charge in [-0.15, -0.1) is 0 Å². The number of rotatable bonds is 4. The molecular formula is C16H16BrFN2O. The van der Waals surface area contributed by atoms with Crippen molar-refractivity contribution in [2.24, 2.45) is 0 Å². The Hall–Kier alpha value is -1.72. The minimum atomic E-state index is -0.542. The second-order valence-corrected chi connectivity index (χ2v) is 5.93. The Morgan fingerprint density at radius 3 is 2.48 bits per heavy atom. The van der Waals surface area contributed by atoms with Gasteiger partial charge >= 0.3 is 0 Å². The number of amides is 1. The number of carbonyl (C=O) groups is 1. The quantitative estimate of drug-likeness (QED) is 0.906. The van der Waals surface area contributed by atoms with Crippen LogP contribution in [0.4, 0.5) is 10.1 Å². The van der Waals surface area contributed by atoms with Gasteiger partial charge in [0.2, 0.25) is 0 Å². The zero-order chi connectivity index (χ0) is 15.4. The molecule has 3 nitrogen and oxygen atoms in total. The number of benzene rings is 2. The molecule has 0 radical (unpaired) electrons. The molecule has 0 aromatic heterocycles. The summed E-state index contributed by atoms with van der Waals surface area (Å²) in [7, 11) is 3.98. The van der Waals surface area contributed by atoms with Crippen LogP contribution in [0.1, 0.15) is 15.9 Å². The number of anilines is 1. The molecule has 0 spiro atoms. The largest absolute Gasteiger partial charge is 0.322 e. The van der Waals surface area contributed by atoms with E-state index >= 15 is 0 Å². The van der Waals surface area contributed by atoms with E-state index in [9.17, 15) is 9.18 Å². The summed E-state index contributed by atoms with van der Waals surface area (Å²) in [4.78, 5) is 14.1. The maximum Gasteiger partial charge on any atom is 0.258 e. The number of nitrogens with zero attached hydrogens (tertiary/aromatic N) is 1. The molecule has 21 heavy (non-hydrogen) atoms. The average molecular weight is 351 g/mol. The lowest BCUT2D eigenvalue weighted by atomic mass is 10.1. The number of nitrogens with one attached hydrogen (secondary N) is 1. The zero-order valence-electron chi connectivity index (χ0n) is 11.9. The standard InChI is InChI=1S/C16H16BrFN2O/c1-20(2)10-11-3-6-13(7-4-11)19-16(21)14-9-12(17)5-8-15(14)18/h3-9H,10H2,1-2H3,(H,19,21). The first-order chi connectivity index (χ1) is 9.95. The number of hydrogen-bond acceptors (Lipinski definition) is 2. The van der Waals surface area contributed by atoms with Crippen LogP contribution in [0.15, 0.2) is 46.9 Å². The summed E-state index contributed by atoms with van der Waals surface area (Å²) in [5.74, 6) is -1.01. The second-order valence-electron chi connectivity index (χ2n) is 5.01. The van der Waals surface area contributed by atoms with Gasteiger partial charge in [0.05, 0.1) is 5.56 Å². The Bertz CT molecular complexity index is 641. The monoisotopic (exact) mass is 350 g/mol. The first-order valence-corrected chi connectivity index (χ1v) is 7.25. The lowest BCUT2D eigenvalue weighted by Gasteiger charge is -2.11. The molecule has 2 rings (SSSR count). The molecule has 0 aliphatic carbocycles. The van der Waals surface area contributed by atoms with E-state index in [-0.39, 0.29) is 5.56 Å². The minimum absolute atomic E-state index is 0.0155. The highest BCUT2D eigenvalue weighted by molar-refractivity contribution is 9.10. The molecule has 110 valence electrons. The fraction of sp³-hybridized carbons (Fsp3) is 0.188. The molecule has 0 unspecified atom stereocenters. The van der Waals surface area contributed by atoms with E-state index < -0.39 is 11.7 Å². The van der Waals surface area contributed by atoms with Crippen molar-refractivity contribution in [1.29, 1.82) is 0 Å². The van der Waals surface area contributed by atoms with Gasteiger partial charge in [0.25, 0.3) is 5.91 Å². The van der Waals surface area contributed by atoms with Crippen molar-refractivity contribution in [2.75, 3.05) is 19.4 Å². The molecule has 0 aliphatic rings. The van der Waals surface area contributed by atoms with Crippen LogP contribution < -0.4 is 5.32 Å². The van der Waals surface area contributed by atoms with E-state index in [0.29, 0.717) is 10.2 Å². The van der Waals surface area contributed by atoms with Crippen molar-refractivity contribution in [2.45, 2.75) is 6.54 Å². The van der Waals surface area contributed by atoms with E-state index in [2.05, 4.69) is 26.1 Å². The van der Waals surface area contributed by atoms with Crippen LogP contribution in [0.25, 0.3) is 0 Å². The third kappa shape index (κ3) is 4.37. The number of hydrogen-bond donors (Lipinski definition) is 1. The van der Waals surface area contributed by atoms with E-state index in [4.69, 9.17) is 0 Å². The molecule has 0 fully saturated rings. The van der Waals surface area contributed by atoms with Gasteiger partial charge in [-0.3, -0.25) is 4.79 Å². The summed E-state index contributed by atoms with van der Waals surface area (Å²) in [5, 5.41) is 2.69. The normalized spacial score (nSPS) is 10.7. The van der Waals surface area contributed by atoms with E-state index in [1.165, 1.54) is 12.1 Å². The van der Waals surface area contributed by atoms with Crippen molar-refractivity contribution >= 4 is 27.5 Å². The van der Waals surface area contributed by atoms with Gasteiger partial charge in [0, 0.05) is 16.7 Å². The molecule has 0 bridgehead atoms. The molecule has 2 aromatic rings. The third-order valence-electron chi connectivity index (χ3n) is 2.88. The predicted molar refractivity (Wildman–Crippen MR) is 85.9 cm³/mol. The molecular weight excluding hydrogens is 335 g/mol. The van der Waals surface area contributed by atoms with Crippen LogP contribution in [0.5, 0.6) is 0 Å². The number of halogens is 2. The molecule has 0 saturated heterocycles. The molecule has 5 heteroatoms. The summed E-state index contributed by atoms with van der Waals surface area (Å²) in [6, 6.07) is 11.8. The maximum absolute atomic E-state index is 13.6. The summed E-state index contributed by atoms with van der Waals surface area (Å²) in [5.41, 5.74) is 1.80. The predicted octanol–water partition coefficient (Wildman–Crippen LogP) is 3.90. The Labute approximate surface area is 131 Å². The van der Waals surface area contributed by atoms with Crippen LogP contribution in [0.3, 0.4) is 0 Å². The molecule has 0 heterocycles. The third-order valence-corrected chi connectivity index (χ3v) is 3.38. The van der Waals surface area contributed by atoms with Gasteiger partial charge in [-0.1, -0.05) is 28.1 Å². The van der Waals surface area contributed by atoms with Crippen molar-refractivity contribution in [1.82, 2.24) is 4.90 Å². The van der Waals surface area contributed by atoms with Crippen LogP contribution in [0, 0.1) is 5.82 Å². The molecule has 0 aliphatic heterocycles.